The largest absolute Gasteiger partial charge is 0.314 e. The van der Waals surface area contributed by atoms with Crippen LogP contribution in [0.25, 0.3) is 0 Å². The summed E-state index contributed by atoms with van der Waals surface area (Å²) in [6, 6.07) is 5.24. The maximum absolute atomic E-state index is 5.83. The molecule has 0 aromatic heterocycles. The minimum absolute atomic E-state index is 0.359. The van der Waals surface area contributed by atoms with Crippen LogP contribution < -0.4 is 5.73 Å². The second kappa shape index (κ2) is 3.62. The van der Waals surface area contributed by atoms with Crippen molar-refractivity contribution in [3.05, 3.63) is 34.3 Å². The van der Waals surface area contributed by atoms with Crippen LogP contribution in [0.15, 0.2) is 18.2 Å². The van der Waals surface area contributed by atoms with E-state index in [1.54, 1.807) is 6.07 Å². The van der Waals surface area contributed by atoms with Crippen LogP contribution >= 0.6 is 11.6 Å². The lowest BCUT2D eigenvalue weighted by Gasteiger charge is -2.06. The van der Waals surface area contributed by atoms with Crippen molar-refractivity contribution in [2.24, 2.45) is 5.73 Å². The molecule has 1 rings (SSSR count). The molecule has 0 fully saturated rings. The molecule has 0 amide bonds. The highest BCUT2D eigenvalue weighted by Crippen LogP contribution is 2.18. The first kappa shape index (κ1) is 9.12. The first-order chi connectivity index (χ1) is 5.63. The summed E-state index contributed by atoms with van der Waals surface area (Å²) in [5, 5.41) is 0.677. The quantitative estimate of drug-likeness (QED) is 0.658. The van der Waals surface area contributed by atoms with E-state index in [9.17, 15) is 0 Å². The van der Waals surface area contributed by atoms with Gasteiger partial charge in [-0.2, -0.15) is 0 Å². The van der Waals surface area contributed by atoms with Crippen LogP contribution in [0.4, 0.5) is 0 Å². The van der Waals surface area contributed by atoms with Gasteiger partial charge >= 0.3 is 0 Å². The fourth-order valence-corrected chi connectivity index (χ4v) is 1.34. The average Bonchev–Trinajstić information content (AvgIpc) is 2.01. The molecule has 62 valence electrons. The number of benzene rings is 1. The van der Waals surface area contributed by atoms with Crippen LogP contribution in [0.1, 0.15) is 17.2 Å². The zero-order valence-electron chi connectivity index (χ0n) is 6.84. The molecular weight excluding hydrogens is 170 g/mol. The predicted octanol–water partition coefficient (Wildman–Crippen LogP) is 2.28. The minimum atomic E-state index is -0.359. The Morgan fingerprint density at radius 1 is 1.50 bits per heavy atom. The Morgan fingerprint density at radius 3 is 2.67 bits per heavy atom. The first-order valence-corrected chi connectivity index (χ1v) is 4.00. The summed E-state index contributed by atoms with van der Waals surface area (Å²) >= 11 is 5.83. The number of terminal acetylenes is 1. The van der Waals surface area contributed by atoms with Gasteiger partial charge in [-0.25, -0.2) is 0 Å². The summed E-state index contributed by atoms with van der Waals surface area (Å²) in [5.41, 5.74) is 7.60. The third kappa shape index (κ3) is 2.01. The summed E-state index contributed by atoms with van der Waals surface area (Å²) in [6.45, 7) is 1.96. The monoisotopic (exact) mass is 179 g/mol. The molecule has 0 aliphatic carbocycles. The van der Waals surface area contributed by atoms with E-state index in [2.05, 4.69) is 5.92 Å². The van der Waals surface area contributed by atoms with Gasteiger partial charge in [0.15, 0.2) is 0 Å². The van der Waals surface area contributed by atoms with Crippen molar-refractivity contribution in [3.63, 3.8) is 0 Å². The molecule has 1 aromatic carbocycles. The Kier molecular flexibility index (Phi) is 2.75. The molecule has 2 N–H and O–H groups in total. The van der Waals surface area contributed by atoms with E-state index < -0.39 is 0 Å². The van der Waals surface area contributed by atoms with Crippen molar-refractivity contribution in [3.8, 4) is 12.3 Å². The van der Waals surface area contributed by atoms with Crippen molar-refractivity contribution in [1.82, 2.24) is 0 Å². The molecule has 0 saturated heterocycles. The molecule has 1 atom stereocenters. The Morgan fingerprint density at radius 2 is 2.17 bits per heavy atom. The first-order valence-electron chi connectivity index (χ1n) is 3.62. The van der Waals surface area contributed by atoms with E-state index in [4.69, 9.17) is 23.8 Å². The van der Waals surface area contributed by atoms with Gasteiger partial charge < -0.3 is 5.73 Å². The number of halogens is 1. The van der Waals surface area contributed by atoms with Crippen molar-refractivity contribution in [2.75, 3.05) is 0 Å². The smallest absolute Gasteiger partial charge is 0.0918 e. The molecule has 0 heterocycles. The van der Waals surface area contributed by atoms with Crippen molar-refractivity contribution >= 4 is 11.6 Å². The maximum atomic E-state index is 5.83. The van der Waals surface area contributed by atoms with E-state index in [1.807, 2.05) is 19.1 Å². The predicted molar refractivity (Wildman–Crippen MR) is 52.0 cm³/mol. The third-order valence-corrected chi connectivity index (χ3v) is 1.82. The number of nitrogens with two attached hydrogens (primary N) is 1. The van der Waals surface area contributed by atoms with E-state index in [0.717, 1.165) is 11.1 Å². The second-order valence-corrected chi connectivity index (χ2v) is 3.14. The number of aryl methyl sites for hydroxylation is 1. The third-order valence-electron chi connectivity index (χ3n) is 1.60. The van der Waals surface area contributed by atoms with E-state index in [0.29, 0.717) is 5.02 Å². The zero-order chi connectivity index (χ0) is 9.14. The second-order valence-electron chi connectivity index (χ2n) is 2.71. The molecule has 0 aliphatic rings. The lowest BCUT2D eigenvalue weighted by atomic mass is 10.1. The molecule has 2 heteroatoms. The summed E-state index contributed by atoms with van der Waals surface area (Å²) in [6.07, 6.45) is 5.19. The summed E-state index contributed by atoms with van der Waals surface area (Å²) < 4.78 is 0. The van der Waals surface area contributed by atoms with Gasteiger partial charge in [-0.05, 0) is 30.2 Å². The standard InChI is InChI=1S/C10H10ClN/c1-3-10(12)8-4-7(2)5-9(11)6-8/h1,4-6,10H,12H2,2H3. The molecule has 12 heavy (non-hydrogen) atoms. The minimum Gasteiger partial charge on any atom is -0.314 e. The molecule has 0 spiro atoms. The summed E-state index contributed by atoms with van der Waals surface area (Å²) in [7, 11) is 0. The molecule has 0 saturated carbocycles. The molecule has 1 unspecified atom stereocenters. The van der Waals surface area contributed by atoms with Gasteiger partial charge in [-0.15, -0.1) is 6.42 Å². The fourth-order valence-electron chi connectivity index (χ4n) is 1.04. The number of hydrogen-bond donors (Lipinski definition) is 1. The van der Waals surface area contributed by atoms with Crippen molar-refractivity contribution in [1.29, 1.82) is 0 Å². The highest BCUT2D eigenvalue weighted by Gasteiger charge is 2.02. The molecule has 0 radical (unpaired) electrons. The molecule has 0 aliphatic heterocycles. The highest BCUT2D eigenvalue weighted by molar-refractivity contribution is 6.30. The topological polar surface area (TPSA) is 26.0 Å². The van der Waals surface area contributed by atoms with Gasteiger partial charge in [0, 0.05) is 5.02 Å². The Hall–Kier alpha value is -0.970. The van der Waals surface area contributed by atoms with Gasteiger partial charge in [0.05, 0.1) is 6.04 Å². The van der Waals surface area contributed by atoms with Gasteiger partial charge in [-0.3, -0.25) is 0 Å². The van der Waals surface area contributed by atoms with Crippen LogP contribution in [0.5, 0.6) is 0 Å². The number of rotatable bonds is 1. The highest BCUT2D eigenvalue weighted by atomic mass is 35.5. The summed E-state index contributed by atoms with van der Waals surface area (Å²) in [5.74, 6) is 2.45. The molecular formula is C10H10ClN. The zero-order valence-corrected chi connectivity index (χ0v) is 7.60. The van der Waals surface area contributed by atoms with E-state index in [-0.39, 0.29) is 6.04 Å². The average molecular weight is 180 g/mol. The van der Waals surface area contributed by atoms with Gasteiger partial charge in [0.1, 0.15) is 0 Å². The normalized spacial score (nSPS) is 12.2. The fraction of sp³-hybridized carbons (Fsp3) is 0.200. The summed E-state index contributed by atoms with van der Waals surface area (Å²) in [4.78, 5) is 0. The SMILES string of the molecule is C#CC(N)c1cc(C)cc(Cl)c1. The molecule has 1 aromatic rings. The van der Waals surface area contributed by atoms with Gasteiger partial charge in [0.2, 0.25) is 0 Å². The van der Waals surface area contributed by atoms with Crippen LogP contribution in [-0.2, 0) is 0 Å². The van der Waals surface area contributed by atoms with Gasteiger partial charge in [0.25, 0.3) is 0 Å². The Balaban J connectivity index is 3.10. The molecule has 1 nitrogen and oxygen atoms in total. The van der Waals surface area contributed by atoms with Crippen LogP contribution in [0.2, 0.25) is 5.02 Å². The molecule has 0 bridgehead atoms. The van der Waals surface area contributed by atoms with Crippen molar-refractivity contribution in [2.45, 2.75) is 13.0 Å². The van der Waals surface area contributed by atoms with Crippen LogP contribution in [0.3, 0.4) is 0 Å². The maximum Gasteiger partial charge on any atom is 0.0918 e. The lowest BCUT2D eigenvalue weighted by molar-refractivity contribution is 0.944. The van der Waals surface area contributed by atoms with Crippen LogP contribution in [0, 0.1) is 19.3 Å². The van der Waals surface area contributed by atoms with Gasteiger partial charge in [-0.1, -0.05) is 23.6 Å². The Labute approximate surface area is 77.5 Å². The number of hydrogen-bond acceptors (Lipinski definition) is 1. The van der Waals surface area contributed by atoms with Crippen molar-refractivity contribution < 1.29 is 0 Å². The van der Waals surface area contributed by atoms with E-state index >= 15 is 0 Å². The van der Waals surface area contributed by atoms with E-state index in [1.165, 1.54) is 0 Å². The lowest BCUT2D eigenvalue weighted by Crippen LogP contribution is -2.07. The van der Waals surface area contributed by atoms with Crippen LogP contribution in [-0.4, -0.2) is 0 Å². The Bertz CT molecular complexity index is 305.